The zero-order valence-electron chi connectivity index (χ0n) is 11.1. The molecule has 98 valence electrons. The maximum absolute atomic E-state index is 9.06. The van der Waals surface area contributed by atoms with Crippen LogP contribution in [-0.4, -0.2) is 16.9 Å². The van der Waals surface area contributed by atoms with Gasteiger partial charge in [0, 0.05) is 12.1 Å². The van der Waals surface area contributed by atoms with Crippen LogP contribution in [0.4, 0.5) is 0 Å². The molecule has 0 fully saturated rings. The van der Waals surface area contributed by atoms with E-state index in [1.54, 1.807) is 42.4 Å². The Bertz CT molecular complexity index is 611. The molecule has 2 aromatic rings. The summed E-state index contributed by atoms with van der Waals surface area (Å²) in [4.78, 5) is 0. The van der Waals surface area contributed by atoms with Gasteiger partial charge in [-0.1, -0.05) is 0 Å². The fourth-order valence-electron chi connectivity index (χ4n) is 1.59. The second-order valence-corrected chi connectivity index (χ2v) is 4.33. The number of nitrogens with zero attached hydrogens (tertiary/aromatic N) is 3. The summed E-state index contributed by atoms with van der Waals surface area (Å²) in [5.74, 6) is 1.70. The van der Waals surface area contributed by atoms with Crippen LogP contribution in [0.1, 0.15) is 25.5 Å². The van der Waals surface area contributed by atoms with Crippen LogP contribution in [0.15, 0.2) is 30.6 Å². The summed E-state index contributed by atoms with van der Waals surface area (Å²) in [5, 5.41) is 13.2. The molecule has 0 saturated heterocycles. The van der Waals surface area contributed by atoms with Gasteiger partial charge in [0.25, 0.3) is 0 Å². The number of hydrogen-bond donors (Lipinski definition) is 0. The van der Waals surface area contributed by atoms with E-state index in [9.17, 15) is 0 Å². The van der Waals surface area contributed by atoms with Crippen molar-refractivity contribution in [3.05, 3.63) is 36.2 Å². The number of benzene rings is 1. The van der Waals surface area contributed by atoms with Gasteiger partial charge in [-0.2, -0.15) is 10.4 Å². The van der Waals surface area contributed by atoms with Gasteiger partial charge < -0.3 is 9.47 Å². The zero-order chi connectivity index (χ0) is 13.8. The third-order valence-electron chi connectivity index (χ3n) is 2.64. The Labute approximate surface area is 112 Å². The Morgan fingerprint density at radius 2 is 2.11 bits per heavy atom. The Balaban J connectivity index is 2.28. The SMILES string of the molecule is COc1ccc(C#N)c(Oc2cnn(C(C)C)c2)c1. The van der Waals surface area contributed by atoms with Crippen LogP contribution in [0.2, 0.25) is 0 Å². The fraction of sp³-hybridized carbons (Fsp3) is 0.286. The normalized spacial score (nSPS) is 10.3. The van der Waals surface area contributed by atoms with E-state index in [2.05, 4.69) is 11.2 Å². The van der Waals surface area contributed by atoms with E-state index < -0.39 is 0 Å². The lowest BCUT2D eigenvalue weighted by Crippen LogP contribution is -1.99. The molecule has 0 N–H and O–H groups in total. The van der Waals surface area contributed by atoms with Crippen molar-refractivity contribution in [2.45, 2.75) is 19.9 Å². The van der Waals surface area contributed by atoms with Gasteiger partial charge in [0.2, 0.25) is 0 Å². The molecule has 1 aromatic heterocycles. The quantitative estimate of drug-likeness (QED) is 0.844. The third kappa shape index (κ3) is 2.86. The highest BCUT2D eigenvalue weighted by Gasteiger charge is 2.09. The van der Waals surface area contributed by atoms with Gasteiger partial charge in [-0.25, -0.2) is 0 Å². The molecule has 19 heavy (non-hydrogen) atoms. The molecule has 0 atom stereocenters. The lowest BCUT2D eigenvalue weighted by Gasteiger charge is -2.07. The van der Waals surface area contributed by atoms with Crippen LogP contribution in [0.25, 0.3) is 0 Å². The van der Waals surface area contributed by atoms with E-state index >= 15 is 0 Å². The highest BCUT2D eigenvalue weighted by molar-refractivity contribution is 5.49. The van der Waals surface area contributed by atoms with Crippen molar-refractivity contribution in [1.29, 1.82) is 5.26 Å². The molecule has 0 unspecified atom stereocenters. The molecule has 0 bridgehead atoms. The lowest BCUT2D eigenvalue weighted by atomic mass is 10.2. The van der Waals surface area contributed by atoms with Gasteiger partial charge in [0.1, 0.15) is 17.6 Å². The number of methoxy groups -OCH3 is 1. The molecule has 0 radical (unpaired) electrons. The molecule has 0 amide bonds. The van der Waals surface area contributed by atoms with Gasteiger partial charge in [-0.15, -0.1) is 0 Å². The summed E-state index contributed by atoms with van der Waals surface area (Å²) in [6.07, 6.45) is 3.42. The maximum Gasteiger partial charge on any atom is 0.165 e. The summed E-state index contributed by atoms with van der Waals surface area (Å²) in [7, 11) is 1.57. The van der Waals surface area contributed by atoms with E-state index in [1.165, 1.54) is 0 Å². The summed E-state index contributed by atoms with van der Waals surface area (Å²) >= 11 is 0. The van der Waals surface area contributed by atoms with Gasteiger partial charge in [-0.05, 0) is 26.0 Å². The van der Waals surface area contributed by atoms with Crippen LogP contribution < -0.4 is 9.47 Å². The highest BCUT2D eigenvalue weighted by Crippen LogP contribution is 2.29. The van der Waals surface area contributed by atoms with Gasteiger partial charge in [-0.3, -0.25) is 4.68 Å². The molecule has 2 rings (SSSR count). The van der Waals surface area contributed by atoms with Crippen molar-refractivity contribution >= 4 is 0 Å². The molecule has 5 nitrogen and oxygen atoms in total. The molecule has 0 aliphatic rings. The highest BCUT2D eigenvalue weighted by atomic mass is 16.5. The smallest absolute Gasteiger partial charge is 0.165 e. The minimum atomic E-state index is 0.262. The second-order valence-electron chi connectivity index (χ2n) is 4.33. The van der Waals surface area contributed by atoms with Crippen LogP contribution >= 0.6 is 0 Å². The molecule has 0 aliphatic heterocycles. The molecule has 5 heteroatoms. The number of rotatable bonds is 4. The van der Waals surface area contributed by atoms with E-state index in [0.29, 0.717) is 22.8 Å². The number of aromatic nitrogens is 2. The standard InChI is InChI=1S/C14H15N3O2/c1-10(2)17-9-13(8-16-17)19-14-6-12(18-3)5-4-11(14)7-15/h4-6,8-10H,1-3H3. The predicted octanol–water partition coefficient (Wildman–Crippen LogP) is 3.14. The van der Waals surface area contributed by atoms with E-state index in [0.717, 1.165) is 0 Å². The minimum absolute atomic E-state index is 0.262. The van der Waals surface area contributed by atoms with Crippen LogP contribution in [0, 0.1) is 11.3 Å². The molecule has 0 saturated carbocycles. The van der Waals surface area contributed by atoms with Crippen molar-refractivity contribution in [1.82, 2.24) is 9.78 Å². The average molecular weight is 257 g/mol. The van der Waals surface area contributed by atoms with E-state index in [1.807, 2.05) is 13.8 Å². The number of hydrogen-bond acceptors (Lipinski definition) is 4. The number of nitriles is 1. The third-order valence-corrected chi connectivity index (χ3v) is 2.64. The summed E-state index contributed by atoms with van der Waals surface area (Å²) in [5.41, 5.74) is 0.457. The van der Waals surface area contributed by atoms with Crippen LogP contribution in [0.3, 0.4) is 0 Å². The first kappa shape index (κ1) is 13.0. The second kappa shape index (κ2) is 5.44. The van der Waals surface area contributed by atoms with Crippen molar-refractivity contribution in [2.24, 2.45) is 0 Å². The molecule has 1 heterocycles. The van der Waals surface area contributed by atoms with E-state index in [4.69, 9.17) is 14.7 Å². The predicted molar refractivity (Wildman–Crippen MR) is 70.4 cm³/mol. The maximum atomic E-state index is 9.06. The largest absolute Gasteiger partial charge is 0.497 e. The minimum Gasteiger partial charge on any atom is -0.497 e. The Hall–Kier alpha value is -2.48. The van der Waals surface area contributed by atoms with Crippen LogP contribution in [0.5, 0.6) is 17.2 Å². The van der Waals surface area contributed by atoms with Crippen LogP contribution in [-0.2, 0) is 0 Å². The first-order valence-corrected chi connectivity index (χ1v) is 5.94. The average Bonchev–Trinajstić information content (AvgIpc) is 2.87. The zero-order valence-corrected chi connectivity index (χ0v) is 11.1. The molecule has 1 aromatic carbocycles. The topological polar surface area (TPSA) is 60.1 Å². The van der Waals surface area contributed by atoms with Crippen molar-refractivity contribution in [2.75, 3.05) is 7.11 Å². The summed E-state index contributed by atoms with van der Waals surface area (Å²) < 4.78 is 12.6. The van der Waals surface area contributed by atoms with Crippen molar-refractivity contribution in [3.63, 3.8) is 0 Å². The molecular weight excluding hydrogens is 242 g/mol. The summed E-state index contributed by atoms with van der Waals surface area (Å²) in [6.45, 7) is 4.06. The summed E-state index contributed by atoms with van der Waals surface area (Å²) in [6, 6.07) is 7.43. The molecular formula is C14H15N3O2. The lowest BCUT2D eigenvalue weighted by molar-refractivity contribution is 0.408. The van der Waals surface area contributed by atoms with Gasteiger partial charge in [0.15, 0.2) is 5.75 Å². The Morgan fingerprint density at radius 1 is 1.32 bits per heavy atom. The fourth-order valence-corrected chi connectivity index (χ4v) is 1.59. The van der Waals surface area contributed by atoms with Gasteiger partial charge >= 0.3 is 0 Å². The number of ether oxygens (including phenoxy) is 2. The molecule has 0 aliphatic carbocycles. The first-order chi connectivity index (χ1) is 9.13. The Morgan fingerprint density at radius 3 is 2.68 bits per heavy atom. The Kier molecular flexibility index (Phi) is 3.71. The molecule has 0 spiro atoms. The van der Waals surface area contributed by atoms with Gasteiger partial charge in [0.05, 0.1) is 25.1 Å². The monoisotopic (exact) mass is 257 g/mol. The van der Waals surface area contributed by atoms with Crippen molar-refractivity contribution in [3.8, 4) is 23.3 Å². The van der Waals surface area contributed by atoms with Crippen molar-refractivity contribution < 1.29 is 9.47 Å². The first-order valence-electron chi connectivity index (χ1n) is 5.94. The van der Waals surface area contributed by atoms with E-state index in [-0.39, 0.29) is 6.04 Å².